The molecule has 0 atom stereocenters. The van der Waals surface area contributed by atoms with Gasteiger partial charge in [-0.25, -0.2) is 4.79 Å². The average Bonchev–Trinajstić information content (AvgIpc) is 2.81. The summed E-state index contributed by atoms with van der Waals surface area (Å²) in [6, 6.07) is 5.67. The summed E-state index contributed by atoms with van der Waals surface area (Å²) in [5, 5.41) is 5.65. The van der Waals surface area contributed by atoms with E-state index in [1.165, 1.54) is 0 Å². The molecule has 0 aliphatic rings. The number of carbonyl (C=O) groups is 1. The third-order valence-corrected chi connectivity index (χ3v) is 2.99. The molecule has 0 amide bonds. The number of pyridine rings is 1. The van der Waals surface area contributed by atoms with Gasteiger partial charge in [0.25, 0.3) is 0 Å². The monoisotopic (exact) mass is 277 g/mol. The van der Waals surface area contributed by atoms with E-state index in [9.17, 15) is 4.79 Å². The number of aromatic amines is 2. The van der Waals surface area contributed by atoms with Crippen LogP contribution in [0.5, 0.6) is 0 Å². The number of ether oxygens (including phenoxy) is 1. The van der Waals surface area contributed by atoms with Crippen LogP contribution in [0.4, 0.5) is 0 Å². The number of H-pyrrole nitrogens is 2. The number of nitrogens with one attached hydrogen (secondary N) is 2. The van der Waals surface area contributed by atoms with Gasteiger partial charge in [-0.2, -0.15) is 0 Å². The summed E-state index contributed by atoms with van der Waals surface area (Å²) in [4.78, 5) is 16.4. The van der Waals surface area contributed by atoms with Crippen molar-refractivity contribution in [3.05, 3.63) is 34.1 Å². The normalized spacial score (nSPS) is 10.4. The van der Waals surface area contributed by atoms with Crippen molar-refractivity contribution >= 4 is 18.2 Å². The molecule has 0 saturated heterocycles. The van der Waals surface area contributed by atoms with E-state index in [0.29, 0.717) is 28.2 Å². The summed E-state index contributed by atoms with van der Waals surface area (Å²) in [5.74, 6) is -0.441. The lowest BCUT2D eigenvalue weighted by Crippen LogP contribution is -2.06. The third kappa shape index (κ3) is 2.73. The van der Waals surface area contributed by atoms with Crippen molar-refractivity contribution in [2.75, 3.05) is 6.61 Å². The number of hydrogen-bond donors (Lipinski definition) is 2. The lowest BCUT2D eigenvalue weighted by Gasteiger charge is -2.04. The van der Waals surface area contributed by atoms with Gasteiger partial charge in [0.05, 0.1) is 18.0 Å². The molecule has 5 nitrogen and oxygen atoms in total. The number of rotatable bonds is 4. The summed E-state index contributed by atoms with van der Waals surface area (Å²) in [7, 11) is 0. The van der Waals surface area contributed by atoms with E-state index >= 15 is 0 Å². The number of hydrogen-bond acceptors (Lipinski definition) is 4. The molecule has 0 aliphatic heterocycles. The molecule has 0 saturated carbocycles. The molecule has 6 heteroatoms. The minimum absolute atomic E-state index is 0.306. The Hall–Kier alpha value is -1.95. The highest BCUT2D eigenvalue weighted by molar-refractivity contribution is 7.71. The summed E-state index contributed by atoms with van der Waals surface area (Å²) in [5.41, 5.74) is 2.53. The molecule has 0 aromatic carbocycles. The van der Waals surface area contributed by atoms with E-state index in [4.69, 9.17) is 17.0 Å². The second kappa shape index (κ2) is 5.79. The van der Waals surface area contributed by atoms with Crippen LogP contribution in [-0.2, 0) is 11.2 Å². The molecule has 0 aliphatic carbocycles. The van der Waals surface area contributed by atoms with Gasteiger partial charge in [-0.1, -0.05) is 25.2 Å². The van der Waals surface area contributed by atoms with Crippen LogP contribution in [0.1, 0.15) is 29.9 Å². The summed E-state index contributed by atoms with van der Waals surface area (Å²) < 4.78 is 5.34. The first-order valence-corrected chi connectivity index (χ1v) is 6.52. The standard InChI is InChI=1S/C13H15N3O2S/c1-3-8-6-5-7-9(14-8)11-10(12(19)16-15-11)13(17)18-4-2/h5-7H,3-4H2,1-2H3,(H2,15,16,19). The van der Waals surface area contributed by atoms with Gasteiger partial charge in [0, 0.05) is 5.69 Å². The van der Waals surface area contributed by atoms with E-state index in [2.05, 4.69) is 15.2 Å². The fraction of sp³-hybridized carbons (Fsp3) is 0.308. The summed E-state index contributed by atoms with van der Waals surface area (Å²) in [6.07, 6.45) is 0.827. The van der Waals surface area contributed by atoms with Crippen molar-refractivity contribution in [1.29, 1.82) is 0 Å². The van der Waals surface area contributed by atoms with Gasteiger partial charge in [-0.05, 0) is 25.5 Å². The van der Waals surface area contributed by atoms with Gasteiger partial charge in [0.1, 0.15) is 10.2 Å². The first-order chi connectivity index (χ1) is 9.17. The maximum Gasteiger partial charge on any atom is 0.343 e. The van der Waals surface area contributed by atoms with Crippen LogP contribution in [-0.4, -0.2) is 27.8 Å². The molecule has 0 radical (unpaired) electrons. The van der Waals surface area contributed by atoms with Crippen LogP contribution in [0.25, 0.3) is 11.4 Å². The predicted octanol–water partition coefficient (Wildman–Crippen LogP) is 2.87. The summed E-state index contributed by atoms with van der Waals surface area (Å²) in [6.45, 7) is 4.09. The molecule has 2 aromatic heterocycles. The first-order valence-electron chi connectivity index (χ1n) is 6.11. The molecule has 0 unspecified atom stereocenters. The number of aryl methyl sites for hydroxylation is 1. The van der Waals surface area contributed by atoms with E-state index in [0.717, 1.165) is 12.1 Å². The average molecular weight is 277 g/mol. The van der Waals surface area contributed by atoms with Crippen molar-refractivity contribution in [1.82, 2.24) is 15.2 Å². The Kier molecular flexibility index (Phi) is 4.11. The Balaban J connectivity index is 2.50. The van der Waals surface area contributed by atoms with Crippen LogP contribution >= 0.6 is 12.2 Å². The largest absolute Gasteiger partial charge is 0.462 e. The molecule has 2 heterocycles. The topological polar surface area (TPSA) is 70.8 Å². The third-order valence-electron chi connectivity index (χ3n) is 2.68. The van der Waals surface area contributed by atoms with Crippen LogP contribution in [0.15, 0.2) is 18.2 Å². The number of carbonyl (C=O) groups excluding carboxylic acids is 1. The fourth-order valence-corrected chi connectivity index (χ4v) is 2.00. The highest BCUT2D eigenvalue weighted by Gasteiger charge is 2.19. The van der Waals surface area contributed by atoms with Gasteiger partial charge in [0.2, 0.25) is 0 Å². The number of esters is 1. The van der Waals surface area contributed by atoms with Gasteiger partial charge in [0.15, 0.2) is 0 Å². The van der Waals surface area contributed by atoms with E-state index in [1.807, 2.05) is 25.1 Å². The van der Waals surface area contributed by atoms with E-state index in [-0.39, 0.29) is 0 Å². The molecule has 0 spiro atoms. The molecular formula is C13H15N3O2S. The molecule has 0 fully saturated rings. The Morgan fingerprint density at radius 2 is 2.16 bits per heavy atom. The maximum absolute atomic E-state index is 11.9. The zero-order chi connectivity index (χ0) is 13.8. The second-order valence-electron chi connectivity index (χ2n) is 3.92. The van der Waals surface area contributed by atoms with Gasteiger partial charge in [-0.15, -0.1) is 0 Å². The minimum atomic E-state index is -0.441. The molecule has 2 rings (SSSR count). The SMILES string of the molecule is CCOC(=O)c1c(-c2cccc(CC)n2)[nH][nH]c1=S. The Morgan fingerprint density at radius 3 is 2.84 bits per heavy atom. The van der Waals surface area contributed by atoms with Crippen molar-refractivity contribution in [3.63, 3.8) is 0 Å². The summed E-state index contributed by atoms with van der Waals surface area (Å²) >= 11 is 5.11. The minimum Gasteiger partial charge on any atom is -0.462 e. The molecule has 0 bridgehead atoms. The lowest BCUT2D eigenvalue weighted by atomic mass is 10.1. The van der Waals surface area contributed by atoms with Crippen LogP contribution < -0.4 is 0 Å². The molecule has 100 valence electrons. The second-order valence-corrected chi connectivity index (χ2v) is 4.33. The quantitative estimate of drug-likeness (QED) is 0.666. The smallest absolute Gasteiger partial charge is 0.343 e. The van der Waals surface area contributed by atoms with Crippen molar-refractivity contribution in [2.24, 2.45) is 0 Å². The first kappa shape index (κ1) is 13.5. The molecule has 2 N–H and O–H groups in total. The molecule has 2 aromatic rings. The Labute approximate surface area is 116 Å². The number of nitrogens with zero attached hydrogens (tertiary/aromatic N) is 1. The van der Waals surface area contributed by atoms with Gasteiger partial charge >= 0.3 is 5.97 Å². The highest BCUT2D eigenvalue weighted by atomic mass is 32.1. The predicted molar refractivity (Wildman–Crippen MR) is 74.5 cm³/mol. The van der Waals surface area contributed by atoms with Crippen LogP contribution in [0.3, 0.4) is 0 Å². The van der Waals surface area contributed by atoms with Crippen LogP contribution in [0.2, 0.25) is 0 Å². The van der Waals surface area contributed by atoms with Crippen molar-refractivity contribution < 1.29 is 9.53 Å². The Bertz CT molecular complexity index is 645. The molecular weight excluding hydrogens is 262 g/mol. The highest BCUT2D eigenvalue weighted by Crippen LogP contribution is 2.21. The van der Waals surface area contributed by atoms with E-state index in [1.54, 1.807) is 6.92 Å². The van der Waals surface area contributed by atoms with Crippen molar-refractivity contribution in [2.45, 2.75) is 20.3 Å². The van der Waals surface area contributed by atoms with Gasteiger partial charge in [-0.3, -0.25) is 15.2 Å². The van der Waals surface area contributed by atoms with Crippen LogP contribution in [0, 0.1) is 4.64 Å². The van der Waals surface area contributed by atoms with Crippen molar-refractivity contribution in [3.8, 4) is 11.4 Å². The van der Waals surface area contributed by atoms with Gasteiger partial charge < -0.3 is 4.74 Å². The fourth-order valence-electron chi connectivity index (χ4n) is 1.76. The Morgan fingerprint density at radius 1 is 1.37 bits per heavy atom. The molecule has 19 heavy (non-hydrogen) atoms. The van der Waals surface area contributed by atoms with E-state index < -0.39 is 5.97 Å². The zero-order valence-corrected chi connectivity index (χ0v) is 11.6. The zero-order valence-electron chi connectivity index (χ0n) is 10.8. The lowest BCUT2D eigenvalue weighted by molar-refractivity contribution is 0.0526. The maximum atomic E-state index is 11.9. The number of aromatic nitrogens is 3.